The minimum atomic E-state index is -0.240. The maximum absolute atomic E-state index is 10.2. The lowest BCUT2D eigenvalue weighted by Crippen LogP contribution is -2.25. The molecule has 0 unspecified atom stereocenters. The first kappa shape index (κ1) is 9.43. The molecule has 0 saturated carbocycles. The average Bonchev–Trinajstić information content (AvgIpc) is 1.79. The molecule has 0 spiro atoms. The van der Waals surface area contributed by atoms with Crippen LogP contribution in [0.1, 0.15) is 20.3 Å². The Kier molecular flexibility index (Phi) is 4.94. The van der Waals surface area contributed by atoms with Crippen molar-refractivity contribution in [2.45, 2.75) is 20.3 Å². The predicted molar refractivity (Wildman–Crippen MR) is 41.5 cm³/mol. The highest BCUT2D eigenvalue weighted by Crippen LogP contribution is 1.86. The zero-order chi connectivity index (χ0) is 7.98. The van der Waals surface area contributed by atoms with Gasteiger partial charge in [0.05, 0.1) is 0 Å². The lowest BCUT2D eigenvalue weighted by Gasteiger charge is -2.04. The van der Waals surface area contributed by atoms with Gasteiger partial charge in [-0.25, -0.2) is 0 Å². The van der Waals surface area contributed by atoms with Gasteiger partial charge >= 0.3 is 0 Å². The molecule has 0 aliphatic carbocycles. The number of rotatable bonds is 5. The van der Waals surface area contributed by atoms with Crippen LogP contribution in [0.3, 0.4) is 0 Å². The molecule has 0 aromatic carbocycles. The van der Waals surface area contributed by atoms with Gasteiger partial charge in [-0.05, 0) is 12.5 Å². The zero-order valence-corrected chi connectivity index (χ0v) is 6.68. The maximum Gasteiger partial charge on any atom is 0.218 e. The third kappa shape index (κ3) is 7.43. The Bertz CT molecular complexity index is 102. The molecule has 60 valence electrons. The summed E-state index contributed by atoms with van der Waals surface area (Å²) < 4.78 is 0. The number of carbonyl (C=O) groups excluding carboxylic acids is 1. The van der Waals surface area contributed by atoms with E-state index in [4.69, 9.17) is 5.73 Å². The minimum Gasteiger partial charge on any atom is -0.370 e. The maximum atomic E-state index is 10.2. The van der Waals surface area contributed by atoms with E-state index in [0.717, 1.165) is 6.54 Å². The van der Waals surface area contributed by atoms with E-state index in [0.29, 0.717) is 18.9 Å². The Hall–Kier alpha value is -0.570. The van der Waals surface area contributed by atoms with Crippen LogP contribution in [0.4, 0.5) is 0 Å². The first-order valence-corrected chi connectivity index (χ1v) is 3.62. The summed E-state index contributed by atoms with van der Waals surface area (Å²) in [6.45, 7) is 5.90. The van der Waals surface area contributed by atoms with E-state index in [1.54, 1.807) is 0 Å². The van der Waals surface area contributed by atoms with Gasteiger partial charge < -0.3 is 11.1 Å². The van der Waals surface area contributed by atoms with Gasteiger partial charge in [-0.1, -0.05) is 13.8 Å². The highest BCUT2D eigenvalue weighted by atomic mass is 16.1. The van der Waals surface area contributed by atoms with Gasteiger partial charge in [0.1, 0.15) is 0 Å². The SMILES string of the molecule is CC(C)CNCCC(N)=O. The fraction of sp³-hybridized carbons (Fsp3) is 0.857. The molecule has 0 rings (SSSR count). The monoisotopic (exact) mass is 144 g/mol. The molecule has 0 saturated heterocycles. The molecule has 0 bridgehead atoms. The number of nitrogens with one attached hydrogen (secondary N) is 1. The van der Waals surface area contributed by atoms with Crippen LogP contribution >= 0.6 is 0 Å². The fourth-order valence-electron chi connectivity index (χ4n) is 0.602. The number of hydrogen-bond donors (Lipinski definition) is 2. The Morgan fingerprint density at radius 1 is 1.60 bits per heavy atom. The van der Waals surface area contributed by atoms with E-state index in [9.17, 15) is 4.79 Å². The summed E-state index contributed by atoms with van der Waals surface area (Å²) >= 11 is 0. The van der Waals surface area contributed by atoms with Crippen molar-refractivity contribution in [1.82, 2.24) is 5.32 Å². The summed E-state index contributed by atoms with van der Waals surface area (Å²) in [7, 11) is 0. The van der Waals surface area contributed by atoms with Crippen molar-refractivity contribution in [2.24, 2.45) is 11.7 Å². The predicted octanol–water partition coefficient (Wildman–Crippen LogP) is 0.107. The molecular weight excluding hydrogens is 128 g/mol. The van der Waals surface area contributed by atoms with Crippen LogP contribution in [-0.2, 0) is 4.79 Å². The number of amides is 1. The van der Waals surface area contributed by atoms with Crippen LogP contribution in [0.5, 0.6) is 0 Å². The summed E-state index contributed by atoms with van der Waals surface area (Å²) in [6, 6.07) is 0. The molecule has 1 amide bonds. The van der Waals surface area contributed by atoms with Gasteiger partial charge in [0, 0.05) is 13.0 Å². The Morgan fingerprint density at radius 3 is 2.60 bits per heavy atom. The van der Waals surface area contributed by atoms with Gasteiger partial charge in [0.25, 0.3) is 0 Å². The normalized spacial score (nSPS) is 10.3. The number of primary amides is 1. The quantitative estimate of drug-likeness (QED) is 0.538. The molecule has 3 heteroatoms. The van der Waals surface area contributed by atoms with E-state index in [-0.39, 0.29) is 5.91 Å². The summed E-state index contributed by atoms with van der Waals surface area (Å²) in [5.74, 6) is 0.393. The van der Waals surface area contributed by atoms with E-state index in [2.05, 4.69) is 19.2 Å². The molecule has 0 aromatic heterocycles. The molecule has 0 aromatic rings. The summed E-state index contributed by atoms with van der Waals surface area (Å²) in [6.07, 6.45) is 0.437. The standard InChI is InChI=1S/C7H16N2O/c1-6(2)5-9-4-3-7(8)10/h6,9H,3-5H2,1-2H3,(H2,8,10). The second kappa shape index (κ2) is 5.23. The Balaban J connectivity index is 2.98. The van der Waals surface area contributed by atoms with Gasteiger partial charge in [-0.3, -0.25) is 4.79 Å². The third-order valence-corrected chi connectivity index (χ3v) is 1.10. The van der Waals surface area contributed by atoms with E-state index in [1.165, 1.54) is 0 Å². The molecule has 0 aliphatic heterocycles. The highest BCUT2D eigenvalue weighted by molar-refractivity contribution is 5.73. The Labute approximate surface area is 62.0 Å². The molecule has 0 heterocycles. The van der Waals surface area contributed by atoms with E-state index in [1.807, 2.05) is 0 Å². The van der Waals surface area contributed by atoms with Crippen LogP contribution in [0.15, 0.2) is 0 Å². The summed E-state index contributed by atoms with van der Waals surface area (Å²) in [5.41, 5.74) is 4.93. The number of nitrogens with two attached hydrogens (primary N) is 1. The lowest BCUT2D eigenvalue weighted by atomic mass is 10.2. The number of hydrogen-bond acceptors (Lipinski definition) is 2. The first-order chi connectivity index (χ1) is 4.63. The summed E-state index contributed by atoms with van der Waals surface area (Å²) in [5, 5.41) is 3.12. The molecule has 0 fully saturated rings. The van der Waals surface area contributed by atoms with Crippen LogP contribution < -0.4 is 11.1 Å². The molecule has 0 atom stereocenters. The van der Waals surface area contributed by atoms with E-state index < -0.39 is 0 Å². The molecule has 10 heavy (non-hydrogen) atoms. The van der Waals surface area contributed by atoms with Crippen molar-refractivity contribution in [3.05, 3.63) is 0 Å². The van der Waals surface area contributed by atoms with Gasteiger partial charge in [0.2, 0.25) is 5.91 Å². The van der Waals surface area contributed by atoms with Gasteiger partial charge in [-0.2, -0.15) is 0 Å². The molecule has 3 N–H and O–H groups in total. The lowest BCUT2D eigenvalue weighted by molar-refractivity contribution is -0.117. The van der Waals surface area contributed by atoms with Gasteiger partial charge in [-0.15, -0.1) is 0 Å². The molecule has 3 nitrogen and oxygen atoms in total. The smallest absolute Gasteiger partial charge is 0.218 e. The van der Waals surface area contributed by atoms with Crippen molar-refractivity contribution in [3.63, 3.8) is 0 Å². The van der Waals surface area contributed by atoms with Crippen molar-refractivity contribution < 1.29 is 4.79 Å². The summed E-state index contributed by atoms with van der Waals surface area (Å²) in [4.78, 5) is 10.2. The van der Waals surface area contributed by atoms with Crippen molar-refractivity contribution >= 4 is 5.91 Å². The molecular formula is C7H16N2O. The first-order valence-electron chi connectivity index (χ1n) is 3.62. The van der Waals surface area contributed by atoms with Crippen LogP contribution in [-0.4, -0.2) is 19.0 Å². The second-order valence-corrected chi connectivity index (χ2v) is 2.81. The Morgan fingerprint density at radius 2 is 2.20 bits per heavy atom. The molecule has 0 aliphatic rings. The molecule has 0 radical (unpaired) electrons. The average molecular weight is 144 g/mol. The highest BCUT2D eigenvalue weighted by Gasteiger charge is 1.94. The van der Waals surface area contributed by atoms with Crippen LogP contribution in [0.2, 0.25) is 0 Å². The van der Waals surface area contributed by atoms with Crippen LogP contribution in [0, 0.1) is 5.92 Å². The fourth-order valence-corrected chi connectivity index (χ4v) is 0.602. The topological polar surface area (TPSA) is 55.1 Å². The number of carbonyl (C=O) groups is 1. The zero-order valence-electron chi connectivity index (χ0n) is 6.68. The third-order valence-electron chi connectivity index (χ3n) is 1.10. The van der Waals surface area contributed by atoms with Crippen molar-refractivity contribution in [1.29, 1.82) is 0 Å². The van der Waals surface area contributed by atoms with Crippen molar-refractivity contribution in [2.75, 3.05) is 13.1 Å². The second-order valence-electron chi connectivity index (χ2n) is 2.81. The largest absolute Gasteiger partial charge is 0.370 e. The van der Waals surface area contributed by atoms with E-state index >= 15 is 0 Å². The van der Waals surface area contributed by atoms with Gasteiger partial charge in [0.15, 0.2) is 0 Å². The van der Waals surface area contributed by atoms with Crippen LogP contribution in [0.25, 0.3) is 0 Å². The minimum absolute atomic E-state index is 0.240. The van der Waals surface area contributed by atoms with Crippen molar-refractivity contribution in [3.8, 4) is 0 Å².